The SMILES string of the molecule is COc1cccc(NC(=O)c2ccccc2NC(=O)COc2ccc(CC(N)=O)cc2)c1. The van der Waals surface area contributed by atoms with Crippen LogP contribution in [0.3, 0.4) is 0 Å². The van der Waals surface area contributed by atoms with Gasteiger partial charge in [0, 0.05) is 11.8 Å². The number of ether oxygens (including phenoxy) is 2. The maximum absolute atomic E-state index is 12.7. The largest absolute Gasteiger partial charge is 0.497 e. The quantitative estimate of drug-likeness (QED) is 0.479. The summed E-state index contributed by atoms with van der Waals surface area (Å²) in [6.45, 7) is -0.249. The number of hydrogen-bond acceptors (Lipinski definition) is 5. The summed E-state index contributed by atoms with van der Waals surface area (Å²) < 4.78 is 10.6. The number of para-hydroxylation sites is 1. The average Bonchev–Trinajstić information content (AvgIpc) is 2.78. The summed E-state index contributed by atoms with van der Waals surface area (Å²) in [4.78, 5) is 36.1. The van der Waals surface area contributed by atoms with Crippen molar-refractivity contribution >= 4 is 29.1 Å². The zero-order valence-corrected chi connectivity index (χ0v) is 17.5. The van der Waals surface area contributed by atoms with Gasteiger partial charge in [0.25, 0.3) is 11.8 Å². The molecule has 0 fully saturated rings. The highest BCUT2D eigenvalue weighted by Gasteiger charge is 2.14. The highest BCUT2D eigenvalue weighted by Crippen LogP contribution is 2.20. The van der Waals surface area contributed by atoms with Gasteiger partial charge in [-0.1, -0.05) is 30.3 Å². The number of benzene rings is 3. The Morgan fingerprint density at radius 1 is 0.875 bits per heavy atom. The molecule has 0 unspecified atom stereocenters. The van der Waals surface area contributed by atoms with E-state index in [1.54, 1.807) is 79.9 Å². The zero-order chi connectivity index (χ0) is 22.9. The van der Waals surface area contributed by atoms with Crippen molar-refractivity contribution < 1.29 is 23.9 Å². The third kappa shape index (κ3) is 6.33. The van der Waals surface area contributed by atoms with E-state index in [1.165, 1.54) is 0 Å². The van der Waals surface area contributed by atoms with Crippen LogP contribution in [0.2, 0.25) is 0 Å². The number of rotatable bonds is 9. The number of anilines is 2. The highest BCUT2D eigenvalue weighted by molar-refractivity contribution is 6.10. The van der Waals surface area contributed by atoms with Crippen LogP contribution in [0, 0.1) is 0 Å². The number of methoxy groups -OCH3 is 1. The first-order chi connectivity index (χ1) is 15.4. The molecule has 0 spiro atoms. The lowest BCUT2D eigenvalue weighted by molar-refractivity contribution is -0.118. The molecule has 8 heteroatoms. The average molecular weight is 433 g/mol. The van der Waals surface area contributed by atoms with Crippen LogP contribution in [0.15, 0.2) is 72.8 Å². The van der Waals surface area contributed by atoms with Crippen LogP contribution in [-0.4, -0.2) is 31.4 Å². The van der Waals surface area contributed by atoms with Gasteiger partial charge >= 0.3 is 0 Å². The fourth-order valence-corrected chi connectivity index (χ4v) is 2.93. The molecule has 3 amide bonds. The van der Waals surface area contributed by atoms with Crippen LogP contribution in [0.4, 0.5) is 11.4 Å². The Morgan fingerprint density at radius 3 is 2.34 bits per heavy atom. The lowest BCUT2D eigenvalue weighted by Crippen LogP contribution is -2.22. The molecule has 0 aliphatic carbocycles. The van der Waals surface area contributed by atoms with Gasteiger partial charge in [-0.3, -0.25) is 14.4 Å². The second kappa shape index (κ2) is 10.6. The van der Waals surface area contributed by atoms with Gasteiger partial charge in [0.2, 0.25) is 5.91 Å². The Labute approximate surface area is 185 Å². The number of carbonyl (C=O) groups is 3. The van der Waals surface area contributed by atoms with Gasteiger partial charge in [-0.15, -0.1) is 0 Å². The van der Waals surface area contributed by atoms with Gasteiger partial charge < -0.3 is 25.8 Å². The van der Waals surface area contributed by atoms with E-state index >= 15 is 0 Å². The third-order valence-corrected chi connectivity index (χ3v) is 4.45. The van der Waals surface area contributed by atoms with Crippen molar-refractivity contribution in [2.75, 3.05) is 24.4 Å². The van der Waals surface area contributed by atoms with E-state index in [1.807, 2.05) is 0 Å². The number of amides is 3. The number of nitrogens with two attached hydrogens (primary N) is 1. The van der Waals surface area contributed by atoms with Gasteiger partial charge in [-0.2, -0.15) is 0 Å². The van der Waals surface area contributed by atoms with Crippen molar-refractivity contribution in [1.29, 1.82) is 0 Å². The predicted molar refractivity (Wildman–Crippen MR) is 121 cm³/mol. The summed E-state index contributed by atoms with van der Waals surface area (Å²) in [5.74, 6) is -0.137. The molecule has 0 atom stereocenters. The molecule has 0 aliphatic heterocycles. The monoisotopic (exact) mass is 433 g/mol. The molecule has 32 heavy (non-hydrogen) atoms. The van der Waals surface area contributed by atoms with Crippen molar-refractivity contribution in [3.8, 4) is 11.5 Å². The minimum absolute atomic E-state index is 0.134. The third-order valence-electron chi connectivity index (χ3n) is 4.45. The van der Waals surface area contributed by atoms with E-state index in [2.05, 4.69) is 10.6 Å². The number of nitrogens with one attached hydrogen (secondary N) is 2. The molecule has 0 aromatic heterocycles. The number of primary amides is 1. The van der Waals surface area contributed by atoms with Gasteiger partial charge in [-0.05, 0) is 42.0 Å². The van der Waals surface area contributed by atoms with Crippen LogP contribution in [0.5, 0.6) is 11.5 Å². The molecule has 164 valence electrons. The maximum atomic E-state index is 12.7. The van der Waals surface area contributed by atoms with Crippen molar-refractivity contribution in [2.24, 2.45) is 5.73 Å². The maximum Gasteiger partial charge on any atom is 0.262 e. The van der Waals surface area contributed by atoms with E-state index in [0.29, 0.717) is 28.4 Å². The first-order valence-electron chi connectivity index (χ1n) is 9.79. The lowest BCUT2D eigenvalue weighted by Gasteiger charge is -2.12. The minimum atomic E-state index is -0.424. The first-order valence-corrected chi connectivity index (χ1v) is 9.79. The van der Waals surface area contributed by atoms with Gasteiger partial charge in [0.05, 0.1) is 24.8 Å². The molecule has 4 N–H and O–H groups in total. The smallest absolute Gasteiger partial charge is 0.262 e. The van der Waals surface area contributed by atoms with Gasteiger partial charge in [0.15, 0.2) is 6.61 Å². The minimum Gasteiger partial charge on any atom is -0.497 e. The summed E-state index contributed by atoms with van der Waals surface area (Å²) in [6.07, 6.45) is 0.134. The van der Waals surface area contributed by atoms with Crippen molar-refractivity contribution in [3.63, 3.8) is 0 Å². The lowest BCUT2D eigenvalue weighted by atomic mass is 10.1. The Hall–Kier alpha value is -4.33. The molecule has 3 aromatic carbocycles. The first kappa shape index (κ1) is 22.4. The van der Waals surface area contributed by atoms with Crippen LogP contribution in [-0.2, 0) is 16.0 Å². The molecular weight excluding hydrogens is 410 g/mol. The second-order valence-electron chi connectivity index (χ2n) is 6.86. The fraction of sp³-hybridized carbons (Fsp3) is 0.125. The summed E-state index contributed by atoms with van der Waals surface area (Å²) >= 11 is 0. The summed E-state index contributed by atoms with van der Waals surface area (Å²) in [5.41, 5.74) is 7.15. The van der Waals surface area contributed by atoms with Crippen LogP contribution < -0.4 is 25.8 Å². The van der Waals surface area contributed by atoms with E-state index in [9.17, 15) is 14.4 Å². The molecule has 3 rings (SSSR count). The Morgan fingerprint density at radius 2 is 1.62 bits per heavy atom. The van der Waals surface area contributed by atoms with Crippen molar-refractivity contribution in [3.05, 3.63) is 83.9 Å². The van der Waals surface area contributed by atoms with Gasteiger partial charge in [0.1, 0.15) is 11.5 Å². The van der Waals surface area contributed by atoms with E-state index < -0.39 is 11.8 Å². The predicted octanol–water partition coefficient (Wildman–Crippen LogP) is 2.99. The molecule has 0 aliphatic rings. The van der Waals surface area contributed by atoms with Crippen molar-refractivity contribution in [1.82, 2.24) is 0 Å². The molecule has 0 saturated carbocycles. The van der Waals surface area contributed by atoms with Gasteiger partial charge in [-0.25, -0.2) is 0 Å². The van der Waals surface area contributed by atoms with Crippen LogP contribution >= 0.6 is 0 Å². The standard InChI is InChI=1S/C24H23N3O5/c1-31-19-6-4-5-17(14-19)26-24(30)20-7-2-3-8-21(20)27-23(29)15-32-18-11-9-16(10-12-18)13-22(25)28/h2-12,14H,13,15H2,1H3,(H2,25,28)(H,26,30)(H,27,29). The molecule has 0 bridgehead atoms. The summed E-state index contributed by atoms with van der Waals surface area (Å²) in [6, 6.07) is 20.4. The topological polar surface area (TPSA) is 120 Å². The number of hydrogen-bond donors (Lipinski definition) is 3. The molecule has 0 heterocycles. The Balaban J connectivity index is 1.60. The molecule has 0 radical (unpaired) electrons. The molecule has 0 saturated heterocycles. The molecule has 8 nitrogen and oxygen atoms in total. The molecular formula is C24H23N3O5. The van der Waals surface area contributed by atoms with Crippen LogP contribution in [0.25, 0.3) is 0 Å². The Bertz CT molecular complexity index is 1110. The summed E-state index contributed by atoms with van der Waals surface area (Å²) in [7, 11) is 1.54. The Kier molecular flexibility index (Phi) is 7.42. The van der Waals surface area contributed by atoms with Crippen molar-refractivity contribution in [2.45, 2.75) is 6.42 Å². The zero-order valence-electron chi connectivity index (χ0n) is 17.5. The van der Waals surface area contributed by atoms with E-state index in [4.69, 9.17) is 15.2 Å². The fourth-order valence-electron chi connectivity index (χ4n) is 2.93. The number of carbonyl (C=O) groups excluding carboxylic acids is 3. The molecule has 3 aromatic rings. The van der Waals surface area contributed by atoms with Crippen LogP contribution in [0.1, 0.15) is 15.9 Å². The summed E-state index contributed by atoms with van der Waals surface area (Å²) in [5, 5.41) is 5.49. The second-order valence-corrected chi connectivity index (χ2v) is 6.86. The van der Waals surface area contributed by atoms with E-state index in [0.717, 1.165) is 5.56 Å². The highest BCUT2D eigenvalue weighted by atomic mass is 16.5. The normalized spacial score (nSPS) is 10.2. The van der Waals surface area contributed by atoms with E-state index in [-0.39, 0.29) is 18.9 Å².